The van der Waals surface area contributed by atoms with Gasteiger partial charge in [0, 0.05) is 0 Å². The van der Waals surface area contributed by atoms with Gasteiger partial charge in [0.1, 0.15) is 4.83 Å². The Morgan fingerprint density at radius 1 is 1.33 bits per heavy atom. The minimum atomic E-state index is -0.490. The number of hydrogen-bond acceptors (Lipinski definition) is 4. The summed E-state index contributed by atoms with van der Waals surface area (Å²) in [5.74, 6) is 0. The molecule has 0 unspecified atom stereocenters. The third kappa shape index (κ3) is 0.964. The normalized spacial score (nSPS) is 10.8. The van der Waals surface area contributed by atoms with Gasteiger partial charge in [0.15, 0.2) is 5.52 Å². The summed E-state index contributed by atoms with van der Waals surface area (Å²) in [6, 6.07) is 0. The Kier molecular flexibility index (Phi) is 1.37. The number of H-pyrrole nitrogens is 2. The summed E-state index contributed by atoms with van der Waals surface area (Å²) < 4.78 is 0. The molecule has 2 heterocycles. The van der Waals surface area contributed by atoms with Crippen LogP contribution < -0.4 is 11.2 Å². The first-order chi connectivity index (χ1) is 5.66. The van der Waals surface area contributed by atoms with E-state index >= 15 is 0 Å². The summed E-state index contributed by atoms with van der Waals surface area (Å²) >= 11 is 1.29. The monoisotopic (exact) mass is 183 g/mol. The van der Waals surface area contributed by atoms with E-state index < -0.39 is 11.2 Å². The van der Waals surface area contributed by atoms with Gasteiger partial charge in [-0.3, -0.25) is 14.8 Å². The lowest BCUT2D eigenvalue weighted by atomic mass is 10.6. The molecule has 0 aliphatic heterocycles. The highest BCUT2D eigenvalue weighted by Gasteiger charge is 2.04. The highest BCUT2D eigenvalue weighted by molar-refractivity contribution is 7.18. The molecule has 2 rings (SSSR count). The Morgan fingerprint density at radius 3 is 2.83 bits per heavy atom. The van der Waals surface area contributed by atoms with Crippen molar-refractivity contribution in [3.63, 3.8) is 0 Å². The van der Waals surface area contributed by atoms with Crippen molar-refractivity contribution in [1.29, 1.82) is 0 Å². The fourth-order valence-electron chi connectivity index (χ4n) is 0.962. The molecule has 0 radical (unpaired) electrons. The number of fused-ring (bicyclic) bond motifs is 1. The standard InChI is InChI=1S/C6H5N3O2S/c1-2-7-3-4(10)8-6(11)9-5(3)12-2/h1H3,(H2,8,9,10,11). The summed E-state index contributed by atoms with van der Waals surface area (Å²) in [7, 11) is 0. The summed E-state index contributed by atoms with van der Waals surface area (Å²) in [5, 5.41) is 0.761. The van der Waals surface area contributed by atoms with E-state index in [0.29, 0.717) is 10.3 Å². The molecule has 0 atom stereocenters. The smallest absolute Gasteiger partial charge is 0.297 e. The molecule has 0 amide bonds. The van der Waals surface area contributed by atoms with Crippen LogP contribution in [0.1, 0.15) is 5.01 Å². The predicted molar refractivity (Wildman–Crippen MR) is 45.6 cm³/mol. The zero-order valence-electron chi connectivity index (χ0n) is 6.17. The summed E-state index contributed by atoms with van der Waals surface area (Å²) in [6.07, 6.45) is 0. The van der Waals surface area contributed by atoms with Gasteiger partial charge in [0.2, 0.25) is 0 Å². The fourth-order valence-corrected chi connectivity index (χ4v) is 1.77. The van der Waals surface area contributed by atoms with E-state index in [1.807, 2.05) is 0 Å². The van der Waals surface area contributed by atoms with E-state index in [4.69, 9.17) is 0 Å². The van der Waals surface area contributed by atoms with Crippen LogP contribution in [0.4, 0.5) is 0 Å². The number of thiazole rings is 1. The topological polar surface area (TPSA) is 78.6 Å². The van der Waals surface area contributed by atoms with Crippen molar-refractivity contribution in [1.82, 2.24) is 15.0 Å². The maximum atomic E-state index is 11.1. The van der Waals surface area contributed by atoms with E-state index in [2.05, 4.69) is 15.0 Å². The van der Waals surface area contributed by atoms with Crippen LogP contribution in [0, 0.1) is 6.92 Å². The Bertz CT molecular complexity index is 535. The molecule has 2 N–H and O–H groups in total. The zero-order valence-corrected chi connectivity index (χ0v) is 6.99. The van der Waals surface area contributed by atoms with Crippen LogP contribution in [0.3, 0.4) is 0 Å². The molecule has 0 fully saturated rings. The van der Waals surface area contributed by atoms with Crippen LogP contribution in [-0.4, -0.2) is 15.0 Å². The first-order valence-electron chi connectivity index (χ1n) is 3.26. The SMILES string of the molecule is Cc1nc2c(=O)[nH]c(=O)[nH]c2s1. The molecule has 0 bridgehead atoms. The Labute approximate surface area is 70.1 Å². The second-order valence-electron chi connectivity index (χ2n) is 2.32. The number of nitrogens with one attached hydrogen (secondary N) is 2. The highest BCUT2D eigenvalue weighted by Crippen LogP contribution is 2.13. The molecular weight excluding hydrogens is 178 g/mol. The molecule has 0 aromatic carbocycles. The molecule has 6 heteroatoms. The molecule has 62 valence electrons. The number of hydrogen-bond donors (Lipinski definition) is 2. The van der Waals surface area contributed by atoms with E-state index in [1.54, 1.807) is 6.92 Å². The average Bonchev–Trinajstić information content (AvgIpc) is 2.29. The molecule has 0 spiro atoms. The third-order valence-electron chi connectivity index (χ3n) is 1.40. The van der Waals surface area contributed by atoms with Gasteiger partial charge in [-0.1, -0.05) is 0 Å². The number of nitrogens with zero attached hydrogens (tertiary/aromatic N) is 1. The molecule has 0 saturated carbocycles. The predicted octanol–water partition coefficient (Wildman–Crippen LogP) is -0.0187. The van der Waals surface area contributed by atoms with Crippen LogP contribution >= 0.6 is 11.3 Å². The van der Waals surface area contributed by atoms with Crippen molar-refractivity contribution in [2.24, 2.45) is 0 Å². The van der Waals surface area contributed by atoms with Gasteiger partial charge in [-0.05, 0) is 6.92 Å². The Hall–Kier alpha value is -1.43. The van der Waals surface area contributed by atoms with Crippen LogP contribution in [0.2, 0.25) is 0 Å². The lowest BCUT2D eigenvalue weighted by Gasteiger charge is -1.82. The van der Waals surface area contributed by atoms with Gasteiger partial charge < -0.3 is 0 Å². The maximum Gasteiger partial charge on any atom is 0.326 e. The molecule has 2 aromatic rings. The molecule has 5 nitrogen and oxygen atoms in total. The largest absolute Gasteiger partial charge is 0.326 e. The number of aryl methyl sites for hydroxylation is 1. The lowest BCUT2D eigenvalue weighted by Crippen LogP contribution is -2.21. The van der Waals surface area contributed by atoms with E-state index in [9.17, 15) is 9.59 Å². The van der Waals surface area contributed by atoms with Crippen LogP contribution in [0.25, 0.3) is 10.3 Å². The lowest BCUT2D eigenvalue weighted by molar-refractivity contribution is 1.08. The maximum absolute atomic E-state index is 11.1. The molecule has 2 aromatic heterocycles. The van der Waals surface area contributed by atoms with Crippen molar-refractivity contribution in [3.8, 4) is 0 Å². The zero-order chi connectivity index (χ0) is 8.72. The Balaban J connectivity index is 3.08. The summed E-state index contributed by atoms with van der Waals surface area (Å²) in [4.78, 5) is 31.0. The summed E-state index contributed by atoms with van der Waals surface area (Å²) in [5.41, 5.74) is -0.619. The van der Waals surface area contributed by atoms with E-state index in [-0.39, 0.29) is 0 Å². The number of rotatable bonds is 0. The van der Waals surface area contributed by atoms with Gasteiger partial charge in [-0.2, -0.15) is 0 Å². The van der Waals surface area contributed by atoms with Crippen LogP contribution in [0.15, 0.2) is 9.59 Å². The van der Waals surface area contributed by atoms with Crippen molar-refractivity contribution in [3.05, 3.63) is 25.8 Å². The van der Waals surface area contributed by atoms with Crippen LogP contribution in [0.5, 0.6) is 0 Å². The molecule has 0 aliphatic rings. The quantitative estimate of drug-likeness (QED) is 0.602. The van der Waals surface area contributed by atoms with E-state index in [0.717, 1.165) is 5.01 Å². The Morgan fingerprint density at radius 2 is 2.08 bits per heavy atom. The second-order valence-corrected chi connectivity index (χ2v) is 3.52. The molecule has 0 aliphatic carbocycles. The molecule has 0 saturated heterocycles. The fraction of sp³-hybridized carbons (Fsp3) is 0.167. The third-order valence-corrected chi connectivity index (χ3v) is 2.29. The minimum absolute atomic E-state index is 0.303. The van der Waals surface area contributed by atoms with Gasteiger partial charge in [0.05, 0.1) is 5.01 Å². The van der Waals surface area contributed by atoms with Gasteiger partial charge >= 0.3 is 5.69 Å². The van der Waals surface area contributed by atoms with Crippen molar-refractivity contribution >= 4 is 21.7 Å². The van der Waals surface area contributed by atoms with Crippen LogP contribution in [-0.2, 0) is 0 Å². The molecular formula is C6H5N3O2S. The summed E-state index contributed by atoms with van der Waals surface area (Å²) in [6.45, 7) is 1.78. The average molecular weight is 183 g/mol. The second kappa shape index (κ2) is 2.28. The van der Waals surface area contributed by atoms with Gasteiger partial charge in [-0.15, -0.1) is 11.3 Å². The van der Waals surface area contributed by atoms with Gasteiger partial charge in [0.25, 0.3) is 5.56 Å². The van der Waals surface area contributed by atoms with Gasteiger partial charge in [-0.25, -0.2) is 9.78 Å². The first kappa shape index (κ1) is 7.23. The number of aromatic nitrogens is 3. The number of aromatic amines is 2. The first-order valence-corrected chi connectivity index (χ1v) is 4.08. The highest BCUT2D eigenvalue weighted by atomic mass is 32.1. The van der Waals surface area contributed by atoms with E-state index in [1.165, 1.54) is 11.3 Å². The van der Waals surface area contributed by atoms with Crippen molar-refractivity contribution in [2.45, 2.75) is 6.92 Å². The van der Waals surface area contributed by atoms with Crippen molar-refractivity contribution in [2.75, 3.05) is 0 Å². The van der Waals surface area contributed by atoms with Crippen molar-refractivity contribution < 1.29 is 0 Å². The molecule has 12 heavy (non-hydrogen) atoms. The minimum Gasteiger partial charge on any atom is -0.297 e.